The molecule has 1 aliphatic rings. The fraction of sp³-hybridized carbons (Fsp3) is 0.135. The summed E-state index contributed by atoms with van der Waals surface area (Å²) in [7, 11) is 0. The summed E-state index contributed by atoms with van der Waals surface area (Å²) in [6, 6.07) is 34.0. The number of nitrogens with zero attached hydrogens (tertiary/aromatic N) is 2. The molecule has 0 aliphatic heterocycles. The normalized spacial score (nSPS) is 13.8. The average molecular weight is 507 g/mol. The van der Waals surface area contributed by atoms with Crippen molar-refractivity contribution in [2.75, 3.05) is 0 Å². The molecule has 0 N–H and O–H groups in total. The van der Waals surface area contributed by atoms with Crippen molar-refractivity contribution in [3.63, 3.8) is 0 Å². The Morgan fingerprint density at radius 1 is 0.667 bits per heavy atom. The Morgan fingerprint density at radius 3 is 2.15 bits per heavy atom. The molecule has 0 bridgehead atoms. The van der Waals surface area contributed by atoms with Gasteiger partial charge in [-0.25, -0.2) is 9.98 Å². The minimum atomic E-state index is 0.667. The maximum Gasteiger partial charge on any atom is 0.160 e. The van der Waals surface area contributed by atoms with Crippen LogP contribution in [0.4, 0.5) is 0 Å². The van der Waals surface area contributed by atoms with Gasteiger partial charge in [0.05, 0.1) is 5.70 Å². The van der Waals surface area contributed by atoms with Crippen molar-refractivity contribution in [3.05, 3.63) is 155 Å². The molecule has 39 heavy (non-hydrogen) atoms. The van der Waals surface area contributed by atoms with Crippen LogP contribution in [0.3, 0.4) is 0 Å². The summed E-state index contributed by atoms with van der Waals surface area (Å²) >= 11 is 0. The van der Waals surface area contributed by atoms with E-state index >= 15 is 0 Å². The molecule has 4 aromatic rings. The van der Waals surface area contributed by atoms with Gasteiger partial charge in [-0.05, 0) is 90.3 Å². The van der Waals surface area contributed by atoms with Crippen molar-refractivity contribution in [1.82, 2.24) is 0 Å². The molecule has 0 unspecified atom stereocenters. The minimum Gasteiger partial charge on any atom is -0.233 e. The predicted octanol–water partition coefficient (Wildman–Crippen LogP) is 9.68. The van der Waals surface area contributed by atoms with Gasteiger partial charge in [-0.3, -0.25) is 0 Å². The van der Waals surface area contributed by atoms with Gasteiger partial charge in [0.15, 0.2) is 5.84 Å². The van der Waals surface area contributed by atoms with Crippen LogP contribution in [0, 0.1) is 13.8 Å². The Kier molecular flexibility index (Phi) is 7.94. The van der Waals surface area contributed by atoms with Crippen LogP contribution in [0.15, 0.2) is 143 Å². The summed E-state index contributed by atoms with van der Waals surface area (Å²) in [4.78, 5) is 9.93. The van der Waals surface area contributed by atoms with Gasteiger partial charge in [0.1, 0.15) is 0 Å². The summed E-state index contributed by atoms with van der Waals surface area (Å²) in [5, 5.41) is 0. The largest absolute Gasteiger partial charge is 0.233 e. The van der Waals surface area contributed by atoms with Gasteiger partial charge in [-0.2, -0.15) is 0 Å². The molecule has 0 atom stereocenters. The van der Waals surface area contributed by atoms with Crippen LogP contribution in [0.1, 0.15) is 42.0 Å². The number of hydrogen-bond acceptors (Lipinski definition) is 1. The van der Waals surface area contributed by atoms with Gasteiger partial charge in [0.2, 0.25) is 0 Å². The quantitative estimate of drug-likeness (QED) is 0.184. The van der Waals surface area contributed by atoms with Crippen LogP contribution in [-0.4, -0.2) is 11.5 Å². The molecule has 0 fully saturated rings. The monoisotopic (exact) mass is 506 g/mol. The summed E-state index contributed by atoms with van der Waals surface area (Å²) in [6.45, 7) is 10.6. The van der Waals surface area contributed by atoms with E-state index in [0.717, 1.165) is 46.5 Å². The van der Waals surface area contributed by atoms with Gasteiger partial charge in [0, 0.05) is 11.3 Å². The molecule has 4 aromatic carbocycles. The zero-order chi connectivity index (χ0) is 27.2. The molecule has 0 saturated heterocycles. The van der Waals surface area contributed by atoms with Gasteiger partial charge >= 0.3 is 0 Å². The third kappa shape index (κ3) is 6.13. The lowest BCUT2D eigenvalue weighted by molar-refractivity contribution is 1.02. The molecule has 0 amide bonds. The molecule has 1 aliphatic carbocycles. The van der Waals surface area contributed by atoms with Crippen molar-refractivity contribution in [1.29, 1.82) is 0 Å². The maximum absolute atomic E-state index is 5.03. The van der Waals surface area contributed by atoms with Crippen LogP contribution >= 0.6 is 0 Å². The van der Waals surface area contributed by atoms with E-state index in [1.54, 1.807) is 0 Å². The molecule has 0 spiro atoms. The third-order valence-electron chi connectivity index (χ3n) is 7.16. The summed E-state index contributed by atoms with van der Waals surface area (Å²) < 4.78 is 0. The Labute approximate surface area is 232 Å². The van der Waals surface area contributed by atoms with E-state index in [4.69, 9.17) is 9.98 Å². The van der Waals surface area contributed by atoms with E-state index in [1.807, 2.05) is 37.3 Å². The zero-order valence-corrected chi connectivity index (χ0v) is 23.0. The van der Waals surface area contributed by atoms with Gasteiger partial charge in [-0.15, -0.1) is 0 Å². The highest BCUT2D eigenvalue weighted by Gasteiger charge is 2.11. The lowest BCUT2D eigenvalue weighted by Crippen LogP contribution is -2.05. The topological polar surface area (TPSA) is 24.7 Å². The molecule has 0 saturated carbocycles. The first kappa shape index (κ1) is 26.1. The van der Waals surface area contributed by atoms with Crippen molar-refractivity contribution < 1.29 is 0 Å². The Hall–Kier alpha value is -4.56. The number of aliphatic imine (C=N–C) groups is 2. The molecule has 192 valence electrons. The number of benzene rings is 4. The van der Waals surface area contributed by atoms with E-state index < -0.39 is 0 Å². The SMILES string of the molecule is C=C(/N=C(\N=C(/C)c1cccc(-c2ccc(C)c(-c3ccccc3C)c2)c1)c1ccccc1)C1=CCCC=C1. The molecule has 0 aromatic heterocycles. The molecule has 2 nitrogen and oxygen atoms in total. The van der Waals surface area contributed by atoms with Crippen LogP contribution in [0.5, 0.6) is 0 Å². The highest BCUT2D eigenvalue weighted by atomic mass is 14.9. The highest BCUT2D eigenvalue weighted by Crippen LogP contribution is 2.31. The highest BCUT2D eigenvalue weighted by molar-refractivity contribution is 6.12. The molecular formula is C37H34N2. The van der Waals surface area contributed by atoms with Crippen molar-refractivity contribution in [2.24, 2.45) is 9.98 Å². The van der Waals surface area contributed by atoms with Crippen LogP contribution < -0.4 is 0 Å². The maximum atomic E-state index is 5.03. The number of amidine groups is 1. The number of aryl methyl sites for hydroxylation is 2. The number of allylic oxidation sites excluding steroid dienone is 3. The van der Waals surface area contributed by atoms with Gasteiger partial charge in [-0.1, -0.05) is 110 Å². The molecular weight excluding hydrogens is 472 g/mol. The van der Waals surface area contributed by atoms with Gasteiger partial charge in [0.25, 0.3) is 0 Å². The first-order valence-electron chi connectivity index (χ1n) is 13.5. The number of hydrogen-bond donors (Lipinski definition) is 0. The van der Waals surface area contributed by atoms with Crippen molar-refractivity contribution >= 4 is 11.5 Å². The van der Waals surface area contributed by atoms with Crippen LogP contribution in [-0.2, 0) is 0 Å². The average Bonchev–Trinajstić information content (AvgIpc) is 2.98. The second-order valence-corrected chi connectivity index (χ2v) is 10.0. The lowest BCUT2D eigenvalue weighted by Gasteiger charge is -2.13. The smallest absolute Gasteiger partial charge is 0.160 e. The lowest BCUT2D eigenvalue weighted by atomic mass is 9.92. The minimum absolute atomic E-state index is 0.667. The standard InChI is InChI=1S/C37H34N2/c1-26-14-11-12-21-35(26)36-25-34(23-22-27(36)2)33-20-13-19-32(24-33)29(4)39-37(31-17-9-6-10-18-31)38-28(3)30-15-7-5-8-16-30/h6-7,9-25H,3,5,8H2,1-2,4H3/b38-37-,39-29+. The van der Waals surface area contributed by atoms with E-state index in [-0.39, 0.29) is 0 Å². The Morgan fingerprint density at radius 2 is 1.38 bits per heavy atom. The Balaban J connectivity index is 1.51. The first-order chi connectivity index (χ1) is 19.0. The Bertz CT molecular complexity index is 1630. The predicted molar refractivity (Wildman–Crippen MR) is 168 cm³/mol. The van der Waals surface area contributed by atoms with E-state index in [9.17, 15) is 0 Å². The number of rotatable bonds is 6. The second kappa shape index (κ2) is 11.9. The van der Waals surface area contributed by atoms with Crippen molar-refractivity contribution in [3.8, 4) is 22.3 Å². The molecule has 2 heteroatoms. The zero-order valence-electron chi connectivity index (χ0n) is 23.0. The second-order valence-electron chi connectivity index (χ2n) is 10.0. The van der Waals surface area contributed by atoms with Crippen LogP contribution in [0.2, 0.25) is 0 Å². The third-order valence-corrected chi connectivity index (χ3v) is 7.16. The fourth-order valence-corrected chi connectivity index (χ4v) is 4.88. The molecule has 0 heterocycles. The fourth-order valence-electron chi connectivity index (χ4n) is 4.88. The van der Waals surface area contributed by atoms with Crippen LogP contribution in [0.25, 0.3) is 22.3 Å². The van der Waals surface area contributed by atoms with Crippen molar-refractivity contribution in [2.45, 2.75) is 33.6 Å². The van der Waals surface area contributed by atoms with Gasteiger partial charge < -0.3 is 0 Å². The summed E-state index contributed by atoms with van der Waals surface area (Å²) in [5.74, 6) is 0.667. The first-order valence-corrected chi connectivity index (χ1v) is 13.5. The molecule has 5 rings (SSSR count). The summed E-state index contributed by atoms with van der Waals surface area (Å²) in [5.41, 5.74) is 12.2. The van der Waals surface area contributed by atoms with E-state index in [2.05, 4.69) is 105 Å². The van der Waals surface area contributed by atoms with E-state index in [1.165, 1.54) is 27.8 Å². The molecule has 0 radical (unpaired) electrons. The van der Waals surface area contributed by atoms with E-state index in [0.29, 0.717) is 5.84 Å². The summed E-state index contributed by atoms with van der Waals surface area (Å²) in [6.07, 6.45) is 8.55.